The molecule has 2 rings (SSSR count). The maximum Gasteiger partial charge on any atom is 0.164 e. The molecule has 18 heavy (non-hydrogen) atoms. The molecule has 1 aromatic rings. The Morgan fingerprint density at radius 2 is 1.94 bits per heavy atom. The van der Waals surface area contributed by atoms with Crippen molar-refractivity contribution in [2.24, 2.45) is 5.73 Å². The molecule has 0 fully saturated rings. The van der Waals surface area contributed by atoms with Crippen molar-refractivity contribution < 1.29 is 13.9 Å². The van der Waals surface area contributed by atoms with E-state index in [0.717, 1.165) is 19.3 Å². The zero-order valence-electron chi connectivity index (χ0n) is 10.7. The Kier molecular flexibility index (Phi) is 4.42. The molecule has 1 aliphatic rings. The van der Waals surface area contributed by atoms with Crippen LogP contribution in [0.5, 0.6) is 11.5 Å². The fourth-order valence-corrected chi connectivity index (χ4v) is 2.06. The van der Waals surface area contributed by atoms with Crippen LogP contribution in [0.1, 0.15) is 31.7 Å². The lowest BCUT2D eigenvalue weighted by Crippen LogP contribution is -2.18. The van der Waals surface area contributed by atoms with Gasteiger partial charge in [-0.2, -0.15) is 0 Å². The quantitative estimate of drug-likeness (QED) is 0.877. The van der Waals surface area contributed by atoms with Crippen LogP contribution in [-0.4, -0.2) is 19.3 Å². The van der Waals surface area contributed by atoms with E-state index in [1.807, 2.05) is 0 Å². The summed E-state index contributed by atoms with van der Waals surface area (Å²) in [4.78, 5) is 0. The molecule has 0 saturated heterocycles. The Bertz CT molecular complexity index is 409. The topological polar surface area (TPSA) is 44.5 Å². The summed E-state index contributed by atoms with van der Waals surface area (Å²) in [5, 5.41) is 0. The number of fused-ring (bicyclic) bond motifs is 1. The fourth-order valence-electron chi connectivity index (χ4n) is 2.06. The second kappa shape index (κ2) is 6.05. The first-order chi connectivity index (χ1) is 8.70. The van der Waals surface area contributed by atoms with Crippen LogP contribution in [0.3, 0.4) is 0 Å². The van der Waals surface area contributed by atoms with Crippen LogP contribution < -0.4 is 15.2 Å². The minimum absolute atomic E-state index is 0.213. The molecule has 1 atom stereocenters. The van der Waals surface area contributed by atoms with Crippen LogP contribution in [0, 0.1) is 5.82 Å². The number of nitrogens with two attached hydrogens (primary N) is 1. The van der Waals surface area contributed by atoms with Gasteiger partial charge in [-0.25, -0.2) is 4.39 Å². The van der Waals surface area contributed by atoms with Crippen molar-refractivity contribution in [2.75, 3.05) is 13.2 Å². The zero-order chi connectivity index (χ0) is 13.0. The first-order valence-corrected chi connectivity index (χ1v) is 6.54. The van der Waals surface area contributed by atoms with Gasteiger partial charge >= 0.3 is 0 Å². The van der Waals surface area contributed by atoms with E-state index in [0.29, 0.717) is 36.7 Å². The molecular formula is C14H20FNO2. The number of hydrogen-bond donors (Lipinski definition) is 1. The second-order valence-electron chi connectivity index (χ2n) is 4.65. The van der Waals surface area contributed by atoms with Gasteiger partial charge in [0.2, 0.25) is 0 Å². The average molecular weight is 253 g/mol. The summed E-state index contributed by atoms with van der Waals surface area (Å²) < 4.78 is 24.6. The Hall–Kier alpha value is -1.29. The summed E-state index contributed by atoms with van der Waals surface area (Å²) in [7, 11) is 0. The SMILES string of the molecule is CCC(N)CCCc1cc2c(cc1F)OCCO2. The summed E-state index contributed by atoms with van der Waals surface area (Å²) in [5.41, 5.74) is 6.53. The first-order valence-electron chi connectivity index (χ1n) is 6.54. The minimum Gasteiger partial charge on any atom is -0.486 e. The second-order valence-corrected chi connectivity index (χ2v) is 4.65. The van der Waals surface area contributed by atoms with Crippen LogP contribution in [0.15, 0.2) is 12.1 Å². The summed E-state index contributed by atoms with van der Waals surface area (Å²) >= 11 is 0. The summed E-state index contributed by atoms with van der Waals surface area (Å²) in [6, 6.07) is 3.38. The predicted molar refractivity (Wildman–Crippen MR) is 68.6 cm³/mol. The van der Waals surface area contributed by atoms with Crippen LogP contribution >= 0.6 is 0 Å². The smallest absolute Gasteiger partial charge is 0.164 e. The predicted octanol–water partition coefficient (Wildman–Crippen LogP) is 2.66. The molecule has 0 aromatic heterocycles. The first kappa shape index (κ1) is 13.1. The number of hydrogen-bond acceptors (Lipinski definition) is 3. The van der Waals surface area contributed by atoms with Crippen LogP contribution in [0.2, 0.25) is 0 Å². The molecule has 0 amide bonds. The van der Waals surface area contributed by atoms with Gasteiger partial charge in [-0.1, -0.05) is 6.92 Å². The third kappa shape index (κ3) is 3.13. The van der Waals surface area contributed by atoms with E-state index in [-0.39, 0.29) is 11.9 Å². The van der Waals surface area contributed by atoms with Crippen molar-refractivity contribution in [3.8, 4) is 11.5 Å². The van der Waals surface area contributed by atoms with Gasteiger partial charge in [-0.15, -0.1) is 0 Å². The molecule has 100 valence electrons. The van der Waals surface area contributed by atoms with Crippen molar-refractivity contribution in [1.82, 2.24) is 0 Å². The molecule has 0 saturated carbocycles. The molecule has 0 bridgehead atoms. The summed E-state index contributed by atoms with van der Waals surface area (Å²) in [6.07, 6.45) is 3.47. The van der Waals surface area contributed by atoms with E-state index in [1.165, 1.54) is 6.07 Å². The Labute approximate surface area is 107 Å². The van der Waals surface area contributed by atoms with E-state index in [1.54, 1.807) is 6.07 Å². The average Bonchev–Trinajstić information content (AvgIpc) is 2.39. The molecular weight excluding hydrogens is 233 g/mol. The normalized spacial score (nSPS) is 15.5. The Morgan fingerprint density at radius 3 is 2.61 bits per heavy atom. The van der Waals surface area contributed by atoms with Gasteiger partial charge in [0.15, 0.2) is 11.5 Å². The monoisotopic (exact) mass is 253 g/mol. The number of rotatable bonds is 5. The maximum absolute atomic E-state index is 13.8. The highest BCUT2D eigenvalue weighted by Crippen LogP contribution is 2.33. The number of halogens is 1. The van der Waals surface area contributed by atoms with Crippen LogP contribution in [0.25, 0.3) is 0 Å². The molecule has 0 spiro atoms. The lowest BCUT2D eigenvalue weighted by Gasteiger charge is -2.19. The molecule has 1 aromatic carbocycles. The van der Waals surface area contributed by atoms with Gasteiger partial charge in [-0.3, -0.25) is 0 Å². The highest BCUT2D eigenvalue weighted by atomic mass is 19.1. The highest BCUT2D eigenvalue weighted by molar-refractivity contribution is 5.44. The van der Waals surface area contributed by atoms with Crippen LogP contribution in [0.4, 0.5) is 4.39 Å². The molecule has 2 N–H and O–H groups in total. The van der Waals surface area contributed by atoms with E-state index < -0.39 is 0 Å². The number of benzene rings is 1. The van der Waals surface area contributed by atoms with E-state index >= 15 is 0 Å². The van der Waals surface area contributed by atoms with Gasteiger partial charge in [0.05, 0.1) is 0 Å². The molecule has 1 unspecified atom stereocenters. The maximum atomic E-state index is 13.8. The Balaban J connectivity index is 2.00. The van der Waals surface area contributed by atoms with Gasteiger partial charge in [0.25, 0.3) is 0 Å². The van der Waals surface area contributed by atoms with Gasteiger partial charge in [0, 0.05) is 12.1 Å². The van der Waals surface area contributed by atoms with E-state index in [4.69, 9.17) is 15.2 Å². The van der Waals surface area contributed by atoms with E-state index in [2.05, 4.69) is 6.92 Å². The number of ether oxygens (including phenoxy) is 2. The molecule has 0 aliphatic carbocycles. The van der Waals surface area contributed by atoms with E-state index in [9.17, 15) is 4.39 Å². The van der Waals surface area contributed by atoms with Gasteiger partial charge in [-0.05, 0) is 37.3 Å². The standard InChI is InChI=1S/C14H20FNO2/c1-2-11(16)5-3-4-10-8-13-14(9-12(10)15)18-7-6-17-13/h8-9,11H,2-7,16H2,1H3. The van der Waals surface area contributed by atoms with Crippen molar-refractivity contribution in [2.45, 2.75) is 38.6 Å². The van der Waals surface area contributed by atoms with Gasteiger partial charge < -0.3 is 15.2 Å². The molecule has 1 heterocycles. The molecule has 4 heteroatoms. The third-order valence-corrected chi connectivity index (χ3v) is 3.26. The zero-order valence-corrected chi connectivity index (χ0v) is 10.7. The van der Waals surface area contributed by atoms with Crippen molar-refractivity contribution in [3.05, 3.63) is 23.5 Å². The lowest BCUT2D eigenvalue weighted by molar-refractivity contribution is 0.170. The van der Waals surface area contributed by atoms with Crippen molar-refractivity contribution >= 4 is 0 Å². The van der Waals surface area contributed by atoms with Crippen molar-refractivity contribution in [3.63, 3.8) is 0 Å². The Morgan fingerprint density at radius 1 is 1.28 bits per heavy atom. The van der Waals surface area contributed by atoms with Gasteiger partial charge in [0.1, 0.15) is 19.0 Å². The fraction of sp³-hybridized carbons (Fsp3) is 0.571. The molecule has 3 nitrogen and oxygen atoms in total. The van der Waals surface area contributed by atoms with Crippen LogP contribution in [-0.2, 0) is 6.42 Å². The minimum atomic E-state index is -0.218. The largest absolute Gasteiger partial charge is 0.486 e. The molecule has 0 radical (unpaired) electrons. The third-order valence-electron chi connectivity index (χ3n) is 3.26. The highest BCUT2D eigenvalue weighted by Gasteiger charge is 2.15. The number of aryl methyl sites for hydroxylation is 1. The molecule has 1 aliphatic heterocycles. The lowest BCUT2D eigenvalue weighted by atomic mass is 10.0. The van der Waals surface area contributed by atoms with Crippen molar-refractivity contribution in [1.29, 1.82) is 0 Å². The summed E-state index contributed by atoms with van der Waals surface area (Å²) in [5.74, 6) is 0.939. The summed E-state index contributed by atoms with van der Waals surface area (Å²) in [6.45, 7) is 3.07.